The Hall–Kier alpha value is -1.42. The van der Waals surface area contributed by atoms with E-state index in [1.165, 1.54) is 12.1 Å². The Kier molecular flexibility index (Phi) is 5.28. The van der Waals surface area contributed by atoms with Crippen LogP contribution in [-0.2, 0) is 11.3 Å². The van der Waals surface area contributed by atoms with Crippen molar-refractivity contribution in [1.29, 1.82) is 0 Å². The highest BCUT2D eigenvalue weighted by molar-refractivity contribution is 5.89. The molecule has 0 spiro atoms. The van der Waals surface area contributed by atoms with Crippen LogP contribution in [0.4, 0.5) is 4.39 Å². The molecule has 0 fully saturated rings. The molecular weight excluding hydrogens is 235 g/mol. The van der Waals surface area contributed by atoms with E-state index < -0.39 is 11.8 Å². The van der Waals surface area contributed by atoms with Crippen molar-refractivity contribution in [2.75, 3.05) is 0 Å². The average Bonchev–Trinajstić information content (AvgIpc) is 2.26. The average molecular weight is 254 g/mol. The number of benzene rings is 1. The van der Waals surface area contributed by atoms with E-state index in [0.29, 0.717) is 11.5 Å². The smallest absolute Gasteiger partial charge is 0.336 e. The van der Waals surface area contributed by atoms with Crippen LogP contribution in [-0.4, -0.2) is 17.2 Å². The molecule has 4 heteroatoms. The van der Waals surface area contributed by atoms with Gasteiger partial charge in [-0.15, -0.1) is 0 Å². The molecule has 0 bridgehead atoms. The highest BCUT2D eigenvalue weighted by atomic mass is 19.1. The van der Waals surface area contributed by atoms with Crippen LogP contribution in [0.1, 0.15) is 43.1 Å². The maximum absolute atomic E-state index is 13.0. The molecule has 1 aromatic carbocycles. The maximum Gasteiger partial charge on any atom is 0.336 e. The van der Waals surface area contributed by atoms with Gasteiger partial charge in [0.05, 0.1) is 18.3 Å². The fourth-order valence-electron chi connectivity index (χ4n) is 1.84. The van der Waals surface area contributed by atoms with E-state index in [9.17, 15) is 9.18 Å². The Bertz CT molecular complexity index is 416. The van der Waals surface area contributed by atoms with Crippen molar-refractivity contribution < 1.29 is 19.0 Å². The minimum Gasteiger partial charge on any atom is -0.478 e. The molecule has 1 N–H and O–H groups in total. The van der Waals surface area contributed by atoms with Crippen molar-refractivity contribution in [3.63, 3.8) is 0 Å². The second-order valence-electron chi connectivity index (χ2n) is 4.86. The van der Waals surface area contributed by atoms with Gasteiger partial charge in [0.25, 0.3) is 0 Å². The zero-order chi connectivity index (χ0) is 13.7. The molecule has 0 amide bonds. The van der Waals surface area contributed by atoms with Crippen LogP contribution in [0, 0.1) is 11.7 Å². The van der Waals surface area contributed by atoms with Crippen LogP contribution in [0.15, 0.2) is 18.2 Å². The topological polar surface area (TPSA) is 46.5 Å². The molecule has 0 saturated heterocycles. The molecule has 1 aromatic rings. The fourth-order valence-corrected chi connectivity index (χ4v) is 1.84. The number of aromatic carboxylic acids is 1. The molecule has 1 atom stereocenters. The number of halogens is 1. The number of carboxylic acid groups (broad SMARTS) is 1. The lowest BCUT2D eigenvalue weighted by molar-refractivity contribution is 0.0383. The van der Waals surface area contributed by atoms with Gasteiger partial charge in [0.1, 0.15) is 5.82 Å². The summed E-state index contributed by atoms with van der Waals surface area (Å²) < 4.78 is 18.6. The lowest BCUT2D eigenvalue weighted by Crippen LogP contribution is -2.13. The van der Waals surface area contributed by atoms with Gasteiger partial charge in [-0.3, -0.25) is 0 Å². The molecule has 1 unspecified atom stereocenters. The highest BCUT2D eigenvalue weighted by Crippen LogP contribution is 2.15. The molecular formula is C14H19FO3. The van der Waals surface area contributed by atoms with Gasteiger partial charge in [0.15, 0.2) is 0 Å². The summed E-state index contributed by atoms with van der Waals surface area (Å²) in [6, 6.07) is 3.73. The third-order valence-electron chi connectivity index (χ3n) is 2.63. The molecule has 18 heavy (non-hydrogen) atoms. The quantitative estimate of drug-likeness (QED) is 0.845. The summed E-state index contributed by atoms with van der Waals surface area (Å²) in [5.74, 6) is -1.16. The molecule has 0 aliphatic rings. The van der Waals surface area contributed by atoms with Gasteiger partial charge in [0, 0.05) is 0 Å². The summed E-state index contributed by atoms with van der Waals surface area (Å²) in [5, 5.41) is 8.98. The van der Waals surface area contributed by atoms with Crippen molar-refractivity contribution in [1.82, 2.24) is 0 Å². The molecule has 1 rings (SSSR count). The van der Waals surface area contributed by atoms with E-state index in [-0.39, 0.29) is 18.3 Å². The summed E-state index contributed by atoms with van der Waals surface area (Å²) in [7, 11) is 0. The summed E-state index contributed by atoms with van der Waals surface area (Å²) in [5.41, 5.74) is 0.464. The van der Waals surface area contributed by atoms with E-state index in [4.69, 9.17) is 9.84 Å². The van der Waals surface area contributed by atoms with Crippen molar-refractivity contribution in [3.05, 3.63) is 35.1 Å². The first-order valence-electron chi connectivity index (χ1n) is 6.03. The molecule has 0 aliphatic heterocycles. The monoisotopic (exact) mass is 254 g/mol. The zero-order valence-corrected chi connectivity index (χ0v) is 10.9. The van der Waals surface area contributed by atoms with Crippen LogP contribution in [0.2, 0.25) is 0 Å². The lowest BCUT2D eigenvalue weighted by atomic mass is 10.1. The van der Waals surface area contributed by atoms with E-state index in [0.717, 1.165) is 12.5 Å². The van der Waals surface area contributed by atoms with Gasteiger partial charge >= 0.3 is 5.97 Å². The summed E-state index contributed by atoms with van der Waals surface area (Å²) in [6.07, 6.45) is 0.959. The summed E-state index contributed by atoms with van der Waals surface area (Å²) in [4.78, 5) is 11.0. The molecule has 0 radical (unpaired) electrons. The van der Waals surface area contributed by atoms with E-state index >= 15 is 0 Å². The molecule has 3 nitrogen and oxygen atoms in total. The molecule has 0 aliphatic carbocycles. The van der Waals surface area contributed by atoms with Crippen molar-refractivity contribution in [2.45, 2.75) is 39.9 Å². The Balaban J connectivity index is 2.70. The number of hydrogen-bond donors (Lipinski definition) is 1. The van der Waals surface area contributed by atoms with Gasteiger partial charge < -0.3 is 9.84 Å². The van der Waals surface area contributed by atoms with Gasteiger partial charge in [-0.1, -0.05) is 19.9 Å². The molecule has 100 valence electrons. The van der Waals surface area contributed by atoms with Crippen molar-refractivity contribution >= 4 is 5.97 Å². The Morgan fingerprint density at radius 1 is 1.39 bits per heavy atom. The lowest BCUT2D eigenvalue weighted by Gasteiger charge is -2.16. The van der Waals surface area contributed by atoms with Gasteiger partial charge in [-0.05, 0) is 37.0 Å². The molecule has 0 heterocycles. The summed E-state index contributed by atoms with van der Waals surface area (Å²) in [6.45, 7) is 6.33. The Morgan fingerprint density at radius 3 is 2.61 bits per heavy atom. The first-order valence-corrected chi connectivity index (χ1v) is 6.03. The van der Waals surface area contributed by atoms with Crippen molar-refractivity contribution in [3.8, 4) is 0 Å². The van der Waals surface area contributed by atoms with Crippen LogP contribution >= 0.6 is 0 Å². The normalized spacial score (nSPS) is 12.7. The van der Waals surface area contributed by atoms with Crippen LogP contribution in [0.25, 0.3) is 0 Å². The van der Waals surface area contributed by atoms with Crippen LogP contribution < -0.4 is 0 Å². The predicted molar refractivity (Wildman–Crippen MR) is 67.1 cm³/mol. The number of rotatable bonds is 6. The number of carboxylic acids is 1. The van der Waals surface area contributed by atoms with E-state index in [1.54, 1.807) is 0 Å². The van der Waals surface area contributed by atoms with E-state index in [1.807, 2.05) is 6.92 Å². The fraction of sp³-hybridized carbons (Fsp3) is 0.500. The standard InChI is InChI=1S/C14H19FO3/c1-9(2)6-10(3)18-8-11-4-5-12(15)7-13(11)14(16)17/h4-5,7,9-10H,6,8H2,1-3H3,(H,16,17). The maximum atomic E-state index is 13.0. The number of ether oxygens (including phenoxy) is 1. The largest absolute Gasteiger partial charge is 0.478 e. The van der Waals surface area contributed by atoms with Crippen LogP contribution in [0.5, 0.6) is 0 Å². The van der Waals surface area contributed by atoms with Gasteiger partial charge in [-0.2, -0.15) is 0 Å². The Labute approximate surface area is 107 Å². The molecule has 0 aromatic heterocycles. The predicted octanol–water partition coefficient (Wildman–Crippen LogP) is 3.48. The highest BCUT2D eigenvalue weighted by Gasteiger charge is 2.13. The first-order chi connectivity index (χ1) is 8.40. The summed E-state index contributed by atoms with van der Waals surface area (Å²) >= 11 is 0. The second-order valence-corrected chi connectivity index (χ2v) is 4.86. The third-order valence-corrected chi connectivity index (χ3v) is 2.63. The minimum atomic E-state index is -1.13. The first kappa shape index (κ1) is 14.6. The molecule has 0 saturated carbocycles. The number of carbonyl (C=O) groups is 1. The van der Waals surface area contributed by atoms with Gasteiger partial charge in [0.2, 0.25) is 0 Å². The third kappa shape index (κ3) is 4.45. The van der Waals surface area contributed by atoms with E-state index in [2.05, 4.69) is 13.8 Å². The second kappa shape index (κ2) is 6.50. The SMILES string of the molecule is CC(C)CC(C)OCc1ccc(F)cc1C(=O)O. The van der Waals surface area contributed by atoms with Gasteiger partial charge in [-0.25, -0.2) is 9.18 Å². The number of hydrogen-bond acceptors (Lipinski definition) is 2. The van der Waals surface area contributed by atoms with Crippen LogP contribution in [0.3, 0.4) is 0 Å². The Morgan fingerprint density at radius 2 is 2.06 bits per heavy atom. The van der Waals surface area contributed by atoms with Crippen molar-refractivity contribution in [2.24, 2.45) is 5.92 Å². The zero-order valence-electron chi connectivity index (χ0n) is 10.9. The minimum absolute atomic E-state index is 0.0354.